The molecule has 0 spiro atoms. The molecule has 2 atom stereocenters. The second-order valence-electron chi connectivity index (χ2n) is 4.12. The summed E-state index contributed by atoms with van der Waals surface area (Å²) in [6, 6.07) is 7.08. The molecule has 5 heteroatoms. The van der Waals surface area contributed by atoms with Gasteiger partial charge in [0.1, 0.15) is 0 Å². The van der Waals surface area contributed by atoms with Crippen LogP contribution in [0, 0.1) is 3.57 Å². The zero-order valence-electron chi connectivity index (χ0n) is 9.48. The summed E-state index contributed by atoms with van der Waals surface area (Å²) in [6.45, 7) is 2.78. The van der Waals surface area contributed by atoms with Crippen LogP contribution < -0.4 is 8.08 Å². The van der Waals surface area contributed by atoms with Gasteiger partial charge in [0.15, 0.2) is 0 Å². The molecular weight excluding hydrogens is 321 g/mol. The average molecular weight is 337 g/mol. The van der Waals surface area contributed by atoms with Gasteiger partial charge in [-0.1, -0.05) is 0 Å². The van der Waals surface area contributed by atoms with Gasteiger partial charge in [0, 0.05) is 0 Å². The minimum absolute atomic E-state index is 0.0770. The minimum atomic E-state index is -4.62. The van der Waals surface area contributed by atoms with Crippen LogP contribution in [0.15, 0.2) is 24.3 Å². The number of benzene rings is 1. The average Bonchev–Trinajstić information content (AvgIpc) is 2.45. The summed E-state index contributed by atoms with van der Waals surface area (Å²) in [7, 11) is 1.81. The van der Waals surface area contributed by atoms with Crippen molar-refractivity contribution in [2.45, 2.75) is 19.8 Å². The predicted octanol–water partition coefficient (Wildman–Crippen LogP) is 2.12. The first-order chi connectivity index (χ1) is 7.49. The van der Waals surface area contributed by atoms with Crippen LogP contribution >= 0.6 is 19.3 Å². The van der Waals surface area contributed by atoms with E-state index < -0.39 is 19.3 Å². The number of fused-ring (bicyclic) bond motifs is 1. The first-order valence-electron chi connectivity index (χ1n) is 5.36. The third kappa shape index (κ3) is 1.92. The summed E-state index contributed by atoms with van der Waals surface area (Å²) in [5.41, 5.74) is 0.775. The SMILES string of the molecule is CCCC[N+]1(C)OI(=O)([O-])c2ccccc21. The van der Waals surface area contributed by atoms with Crippen LogP contribution in [0.25, 0.3) is 0 Å². The Bertz CT molecular complexity index is 449. The van der Waals surface area contributed by atoms with Crippen molar-refractivity contribution in [3.8, 4) is 0 Å². The molecule has 0 radical (unpaired) electrons. The molecule has 16 heavy (non-hydrogen) atoms. The zero-order valence-corrected chi connectivity index (χ0v) is 11.6. The molecule has 1 heterocycles. The van der Waals surface area contributed by atoms with Gasteiger partial charge >= 0.3 is 100 Å². The van der Waals surface area contributed by atoms with Gasteiger partial charge in [-0.25, -0.2) is 0 Å². The van der Waals surface area contributed by atoms with Crippen LogP contribution in [-0.2, 0) is 6.24 Å². The Morgan fingerprint density at radius 1 is 1.44 bits per heavy atom. The van der Waals surface area contributed by atoms with Gasteiger partial charge in [-0.05, 0) is 0 Å². The third-order valence-electron chi connectivity index (χ3n) is 2.79. The van der Waals surface area contributed by atoms with E-state index in [0.29, 0.717) is 10.1 Å². The van der Waals surface area contributed by atoms with Gasteiger partial charge in [0.25, 0.3) is 0 Å². The van der Waals surface area contributed by atoms with Gasteiger partial charge in [0.2, 0.25) is 0 Å². The van der Waals surface area contributed by atoms with Gasteiger partial charge in [-0.3, -0.25) is 0 Å². The van der Waals surface area contributed by atoms with Gasteiger partial charge < -0.3 is 0 Å². The molecule has 2 unspecified atom stereocenters. The Kier molecular flexibility index (Phi) is 3.13. The Balaban J connectivity index is 2.43. The first-order valence-corrected chi connectivity index (χ1v) is 9.08. The van der Waals surface area contributed by atoms with Crippen molar-refractivity contribution in [1.29, 1.82) is 0 Å². The van der Waals surface area contributed by atoms with Crippen LogP contribution in [0.4, 0.5) is 5.69 Å². The van der Waals surface area contributed by atoms with E-state index in [1.807, 2.05) is 19.2 Å². The van der Waals surface area contributed by atoms with Gasteiger partial charge in [0.05, 0.1) is 0 Å². The van der Waals surface area contributed by atoms with E-state index in [0.717, 1.165) is 18.5 Å². The fraction of sp³-hybridized carbons (Fsp3) is 0.455. The second kappa shape index (κ2) is 4.14. The van der Waals surface area contributed by atoms with E-state index in [4.69, 9.17) is 3.17 Å². The normalized spacial score (nSPS) is 36.7. The molecular formula is C11H16INO3. The molecule has 0 N–H and O–H groups in total. The number of hydroxylamine groups is 2. The standard InChI is InChI=1S/C11H16INO3/c1-3-4-9-13(2)11-8-6-5-7-10(11)12(14,15)16-13/h5-8H,3-4,9H2,1-2H3. The van der Waals surface area contributed by atoms with Gasteiger partial charge in [-0.15, -0.1) is 0 Å². The first kappa shape index (κ1) is 12.1. The molecule has 0 saturated heterocycles. The van der Waals surface area contributed by atoms with E-state index >= 15 is 0 Å². The maximum absolute atomic E-state index is 11.9. The van der Waals surface area contributed by atoms with Crippen molar-refractivity contribution in [3.05, 3.63) is 27.8 Å². The fourth-order valence-electron chi connectivity index (χ4n) is 1.92. The summed E-state index contributed by atoms with van der Waals surface area (Å²) >= 11 is -4.62. The second-order valence-corrected chi connectivity index (χ2v) is 8.07. The number of para-hydroxylation sites is 1. The van der Waals surface area contributed by atoms with Crippen molar-refractivity contribution in [3.63, 3.8) is 0 Å². The van der Waals surface area contributed by atoms with Crippen molar-refractivity contribution in [2.75, 3.05) is 13.6 Å². The monoisotopic (exact) mass is 337 g/mol. The van der Waals surface area contributed by atoms with Crippen molar-refractivity contribution >= 4 is 24.9 Å². The number of halogens is 1. The zero-order chi connectivity index (χ0) is 11.8. The molecule has 2 rings (SSSR count). The van der Waals surface area contributed by atoms with Crippen LogP contribution in [0.3, 0.4) is 0 Å². The van der Waals surface area contributed by atoms with E-state index in [1.165, 1.54) is 0 Å². The molecule has 0 aromatic heterocycles. The Labute approximate surface area is 100 Å². The van der Waals surface area contributed by atoms with Gasteiger partial charge in [-0.2, -0.15) is 0 Å². The number of quaternary nitrogens is 1. The van der Waals surface area contributed by atoms with Crippen LogP contribution in [0.5, 0.6) is 0 Å². The molecule has 1 aromatic rings. The topological polar surface area (TPSA) is 49.4 Å². The summed E-state index contributed by atoms with van der Waals surface area (Å²) in [6.07, 6.45) is 1.97. The molecule has 0 saturated carbocycles. The summed E-state index contributed by atoms with van der Waals surface area (Å²) in [5.74, 6) is 0. The fourth-order valence-corrected chi connectivity index (χ4v) is 5.70. The van der Waals surface area contributed by atoms with Crippen molar-refractivity contribution in [1.82, 2.24) is 4.65 Å². The summed E-state index contributed by atoms with van der Waals surface area (Å²) in [5, 5.41) is 0. The molecule has 1 aromatic carbocycles. The van der Waals surface area contributed by atoms with E-state index in [9.17, 15) is 6.51 Å². The Morgan fingerprint density at radius 3 is 2.81 bits per heavy atom. The molecule has 0 aliphatic carbocycles. The molecule has 0 fully saturated rings. The predicted molar refractivity (Wildman–Crippen MR) is 68.4 cm³/mol. The molecule has 0 amide bonds. The third-order valence-corrected chi connectivity index (χ3v) is 6.52. The quantitative estimate of drug-likeness (QED) is 0.627. The van der Waals surface area contributed by atoms with Crippen LogP contribution in [0.2, 0.25) is 0 Å². The summed E-state index contributed by atoms with van der Waals surface area (Å²) < 4.78 is 29.6. The van der Waals surface area contributed by atoms with Crippen LogP contribution in [-0.4, -0.2) is 13.6 Å². The molecule has 0 bridgehead atoms. The number of nitrogens with zero attached hydrogens (tertiary/aromatic N) is 1. The number of unbranched alkanes of at least 4 members (excludes halogenated alkanes) is 1. The Hall–Kier alpha value is -0.370. The maximum atomic E-state index is 11.9. The Morgan fingerprint density at radius 2 is 2.12 bits per heavy atom. The van der Waals surface area contributed by atoms with E-state index in [2.05, 4.69) is 6.92 Å². The molecule has 1 aliphatic rings. The number of hydrogen-bond acceptors (Lipinski definition) is 3. The molecule has 4 nitrogen and oxygen atoms in total. The van der Waals surface area contributed by atoms with Crippen LogP contribution in [0.1, 0.15) is 19.8 Å². The molecule has 1 aliphatic heterocycles. The number of rotatable bonds is 3. The van der Waals surface area contributed by atoms with E-state index in [1.54, 1.807) is 12.1 Å². The van der Waals surface area contributed by atoms with Crippen molar-refractivity contribution < 1.29 is 9.67 Å². The van der Waals surface area contributed by atoms with Crippen molar-refractivity contribution in [2.24, 2.45) is 0 Å². The molecule has 90 valence electrons. The number of hydrogen-bond donors (Lipinski definition) is 0. The summed E-state index contributed by atoms with van der Waals surface area (Å²) in [4.78, 5) is 0. The van der Waals surface area contributed by atoms with E-state index in [-0.39, 0.29) is 4.65 Å².